The first kappa shape index (κ1) is 20.5. The third-order valence-electron chi connectivity index (χ3n) is 2.86. The van der Waals surface area contributed by atoms with Gasteiger partial charge < -0.3 is 19.5 Å². The molecule has 0 aliphatic heterocycles. The summed E-state index contributed by atoms with van der Waals surface area (Å²) in [5.74, 6) is -0.199. The molecule has 1 amide bonds. The van der Waals surface area contributed by atoms with E-state index in [1.165, 1.54) is 6.07 Å². The number of amides is 1. The highest BCUT2D eigenvalue weighted by Gasteiger charge is 2.18. The summed E-state index contributed by atoms with van der Waals surface area (Å²) >= 11 is 0. The van der Waals surface area contributed by atoms with Gasteiger partial charge in [-0.1, -0.05) is 13.3 Å². The number of unbranched alkanes of at least 4 members (excludes halogenated alkanes) is 1. The Balaban J connectivity index is 2.67. The van der Waals surface area contributed by atoms with Crippen LogP contribution in [0.2, 0.25) is 0 Å². The normalized spacial score (nSPS) is 10.7. The number of carbonyl (C=O) groups is 3. The Labute approximate surface area is 147 Å². The number of hydrogen-bond acceptors (Lipinski definition) is 6. The van der Waals surface area contributed by atoms with Crippen molar-refractivity contribution in [1.29, 1.82) is 0 Å². The minimum atomic E-state index is -0.717. The highest BCUT2D eigenvalue weighted by atomic mass is 16.6. The summed E-state index contributed by atoms with van der Waals surface area (Å²) in [6, 6.07) is 4.56. The fraction of sp³-hybridized carbons (Fsp3) is 0.500. The zero-order valence-corrected chi connectivity index (χ0v) is 15.1. The first-order valence-corrected chi connectivity index (χ1v) is 8.14. The van der Waals surface area contributed by atoms with E-state index in [1.54, 1.807) is 32.9 Å². The zero-order chi connectivity index (χ0) is 18.9. The fourth-order valence-corrected chi connectivity index (χ4v) is 1.74. The van der Waals surface area contributed by atoms with Crippen LogP contribution in [-0.4, -0.2) is 37.1 Å². The van der Waals surface area contributed by atoms with E-state index >= 15 is 0 Å². The largest absolute Gasteiger partial charge is 0.490 e. The van der Waals surface area contributed by atoms with E-state index in [-0.39, 0.29) is 12.3 Å². The van der Waals surface area contributed by atoms with E-state index in [0.717, 1.165) is 12.8 Å². The molecule has 1 aromatic carbocycles. The van der Waals surface area contributed by atoms with Gasteiger partial charge in [0.15, 0.2) is 11.5 Å². The second-order valence-electron chi connectivity index (χ2n) is 6.36. The molecule has 0 saturated heterocycles. The minimum absolute atomic E-state index is 0.136. The first-order chi connectivity index (χ1) is 11.7. The maximum Gasteiger partial charge on any atom is 0.408 e. The van der Waals surface area contributed by atoms with Crippen molar-refractivity contribution in [2.24, 2.45) is 0 Å². The number of alkyl carbamates (subject to hydrolysis) is 1. The third kappa shape index (κ3) is 8.19. The topological polar surface area (TPSA) is 90.9 Å². The van der Waals surface area contributed by atoms with Gasteiger partial charge in [0.1, 0.15) is 18.4 Å². The Morgan fingerprint density at radius 1 is 1.20 bits per heavy atom. The molecule has 138 valence electrons. The van der Waals surface area contributed by atoms with Crippen LogP contribution in [0.4, 0.5) is 4.79 Å². The number of carbonyl (C=O) groups excluding carboxylic acids is 3. The Bertz CT molecular complexity index is 606. The summed E-state index contributed by atoms with van der Waals surface area (Å²) in [6.07, 6.45) is 1.74. The lowest BCUT2D eigenvalue weighted by Gasteiger charge is -2.19. The fourth-order valence-electron chi connectivity index (χ4n) is 1.74. The maximum absolute atomic E-state index is 11.9. The van der Waals surface area contributed by atoms with Crippen molar-refractivity contribution in [2.45, 2.75) is 46.1 Å². The van der Waals surface area contributed by atoms with Gasteiger partial charge in [-0.05, 0) is 45.4 Å². The predicted molar refractivity (Wildman–Crippen MR) is 92.1 cm³/mol. The molecule has 7 nitrogen and oxygen atoms in total. The molecule has 1 N–H and O–H groups in total. The van der Waals surface area contributed by atoms with E-state index in [0.29, 0.717) is 24.2 Å². The monoisotopic (exact) mass is 351 g/mol. The van der Waals surface area contributed by atoms with Crippen LogP contribution in [0.3, 0.4) is 0 Å². The van der Waals surface area contributed by atoms with Crippen LogP contribution in [0.25, 0.3) is 0 Å². The molecule has 1 aromatic rings. The number of aldehydes is 1. The summed E-state index contributed by atoms with van der Waals surface area (Å²) in [4.78, 5) is 34.4. The standard InChI is InChI=1S/C18H25NO6/c1-5-6-9-23-14-8-7-13(12-20)10-15(14)24-16(21)11-19-17(22)25-18(2,3)4/h7-8,10,12H,5-6,9,11H2,1-4H3,(H,19,22). The molecule has 0 aromatic heterocycles. The van der Waals surface area contributed by atoms with Crippen molar-refractivity contribution in [3.63, 3.8) is 0 Å². The van der Waals surface area contributed by atoms with E-state index in [4.69, 9.17) is 14.2 Å². The average Bonchev–Trinajstić information content (AvgIpc) is 2.53. The van der Waals surface area contributed by atoms with Crippen LogP contribution < -0.4 is 14.8 Å². The lowest BCUT2D eigenvalue weighted by molar-refractivity contribution is -0.133. The Morgan fingerprint density at radius 2 is 1.92 bits per heavy atom. The average molecular weight is 351 g/mol. The lowest BCUT2D eigenvalue weighted by Crippen LogP contribution is -2.36. The number of nitrogens with one attached hydrogen (secondary N) is 1. The Hall–Kier alpha value is -2.57. The second kappa shape index (κ2) is 9.66. The molecule has 7 heteroatoms. The molecule has 0 bridgehead atoms. The van der Waals surface area contributed by atoms with Gasteiger partial charge in [0, 0.05) is 5.56 Å². The van der Waals surface area contributed by atoms with Gasteiger partial charge in [0.25, 0.3) is 0 Å². The molecule has 0 fully saturated rings. The van der Waals surface area contributed by atoms with Crippen LogP contribution in [0.15, 0.2) is 18.2 Å². The van der Waals surface area contributed by atoms with Crippen molar-refractivity contribution in [1.82, 2.24) is 5.32 Å². The highest BCUT2D eigenvalue weighted by molar-refractivity contribution is 5.81. The van der Waals surface area contributed by atoms with Crippen molar-refractivity contribution >= 4 is 18.3 Å². The van der Waals surface area contributed by atoms with Gasteiger partial charge in [-0.2, -0.15) is 0 Å². The third-order valence-corrected chi connectivity index (χ3v) is 2.86. The molecule has 0 radical (unpaired) electrons. The summed E-state index contributed by atoms with van der Waals surface area (Å²) in [6.45, 7) is 7.29. The van der Waals surface area contributed by atoms with E-state index < -0.39 is 17.7 Å². The van der Waals surface area contributed by atoms with Crippen LogP contribution >= 0.6 is 0 Å². The van der Waals surface area contributed by atoms with Crippen LogP contribution in [0, 0.1) is 0 Å². The second-order valence-corrected chi connectivity index (χ2v) is 6.36. The molecule has 0 aliphatic carbocycles. The van der Waals surface area contributed by atoms with E-state index in [2.05, 4.69) is 5.32 Å². The number of hydrogen-bond donors (Lipinski definition) is 1. The summed E-state index contributed by atoms with van der Waals surface area (Å²) in [7, 11) is 0. The van der Waals surface area contributed by atoms with Crippen molar-refractivity contribution in [3.8, 4) is 11.5 Å². The van der Waals surface area contributed by atoms with Crippen LogP contribution in [0.5, 0.6) is 11.5 Å². The van der Waals surface area contributed by atoms with Gasteiger partial charge in [-0.25, -0.2) is 9.59 Å². The molecule has 0 spiro atoms. The Kier molecular flexibility index (Phi) is 7.91. The molecule has 0 unspecified atom stereocenters. The first-order valence-electron chi connectivity index (χ1n) is 8.14. The molecular formula is C18H25NO6. The number of ether oxygens (including phenoxy) is 3. The molecule has 0 saturated carbocycles. The van der Waals surface area contributed by atoms with E-state index in [1.807, 2.05) is 6.92 Å². The Morgan fingerprint density at radius 3 is 2.52 bits per heavy atom. The highest BCUT2D eigenvalue weighted by Crippen LogP contribution is 2.28. The van der Waals surface area contributed by atoms with Crippen molar-refractivity contribution in [3.05, 3.63) is 23.8 Å². The van der Waals surface area contributed by atoms with Crippen molar-refractivity contribution < 1.29 is 28.6 Å². The zero-order valence-electron chi connectivity index (χ0n) is 15.1. The summed E-state index contributed by atoms with van der Waals surface area (Å²) in [5, 5.41) is 2.31. The van der Waals surface area contributed by atoms with Gasteiger partial charge in [0.2, 0.25) is 0 Å². The maximum atomic E-state index is 11.9. The number of rotatable bonds is 8. The summed E-state index contributed by atoms with van der Waals surface area (Å²) < 4.78 is 15.8. The van der Waals surface area contributed by atoms with Crippen LogP contribution in [0.1, 0.15) is 50.9 Å². The lowest BCUT2D eigenvalue weighted by atomic mass is 10.2. The molecule has 0 atom stereocenters. The summed E-state index contributed by atoms with van der Waals surface area (Å²) in [5.41, 5.74) is -0.308. The number of esters is 1. The van der Waals surface area contributed by atoms with Gasteiger partial charge in [-0.3, -0.25) is 4.79 Å². The number of benzene rings is 1. The smallest absolute Gasteiger partial charge is 0.408 e. The van der Waals surface area contributed by atoms with E-state index in [9.17, 15) is 14.4 Å². The minimum Gasteiger partial charge on any atom is -0.490 e. The van der Waals surface area contributed by atoms with Gasteiger partial charge in [-0.15, -0.1) is 0 Å². The molecule has 1 rings (SSSR count). The molecule has 0 aliphatic rings. The molecular weight excluding hydrogens is 326 g/mol. The molecule has 0 heterocycles. The predicted octanol–water partition coefficient (Wildman–Crippen LogP) is 3.11. The van der Waals surface area contributed by atoms with Gasteiger partial charge >= 0.3 is 12.1 Å². The quantitative estimate of drug-likeness (QED) is 0.335. The SMILES string of the molecule is CCCCOc1ccc(C=O)cc1OC(=O)CNC(=O)OC(C)(C)C. The van der Waals surface area contributed by atoms with Crippen LogP contribution in [-0.2, 0) is 9.53 Å². The van der Waals surface area contributed by atoms with Gasteiger partial charge in [0.05, 0.1) is 6.61 Å². The molecule has 25 heavy (non-hydrogen) atoms. The van der Waals surface area contributed by atoms with Crippen molar-refractivity contribution in [2.75, 3.05) is 13.2 Å².